The number of carboxylic acids is 1. The van der Waals surface area contributed by atoms with E-state index in [9.17, 15) is 13.2 Å². The van der Waals surface area contributed by atoms with Crippen LogP contribution in [0.2, 0.25) is 5.02 Å². The Morgan fingerprint density at radius 2 is 2.11 bits per heavy atom. The van der Waals surface area contributed by atoms with Gasteiger partial charge in [0.05, 0.1) is 4.90 Å². The number of hydrogen-bond acceptors (Lipinski definition) is 3. The summed E-state index contributed by atoms with van der Waals surface area (Å²) in [5.74, 6) is -1.11. The van der Waals surface area contributed by atoms with Crippen molar-refractivity contribution in [3.8, 4) is 0 Å². The standard InChI is InChI=1S/C12H14ClNO4S/c13-9-4-3-5-10(8-9)19(17,18)14-7-2-1-6-11(14)12(15)16/h3-5,8,11H,1-2,6-7H2,(H,15,16)/t11-/m1/s1. The molecule has 0 radical (unpaired) electrons. The number of benzene rings is 1. The number of sulfonamides is 1. The zero-order valence-electron chi connectivity index (χ0n) is 10.1. The van der Waals surface area contributed by atoms with E-state index in [1.165, 1.54) is 18.2 Å². The summed E-state index contributed by atoms with van der Waals surface area (Å²) in [5, 5.41) is 9.45. The Morgan fingerprint density at radius 3 is 2.74 bits per heavy atom. The second kappa shape index (κ2) is 5.48. The minimum absolute atomic E-state index is 0.0353. The molecule has 1 aliphatic rings. The highest BCUT2D eigenvalue weighted by Gasteiger charge is 2.37. The molecule has 5 nitrogen and oxygen atoms in total. The van der Waals surface area contributed by atoms with Gasteiger partial charge in [-0.25, -0.2) is 8.42 Å². The summed E-state index contributed by atoms with van der Waals surface area (Å²) in [7, 11) is -3.81. The molecule has 1 aliphatic heterocycles. The molecule has 7 heteroatoms. The molecular weight excluding hydrogens is 290 g/mol. The maximum absolute atomic E-state index is 12.5. The first kappa shape index (κ1) is 14.3. The van der Waals surface area contributed by atoms with E-state index in [1.807, 2.05) is 0 Å². The van der Waals surface area contributed by atoms with E-state index >= 15 is 0 Å². The van der Waals surface area contributed by atoms with Gasteiger partial charge in [0.2, 0.25) is 10.0 Å². The fourth-order valence-corrected chi connectivity index (χ4v) is 4.15. The predicted octanol–water partition coefficient (Wildman–Crippen LogP) is 1.97. The molecule has 0 saturated carbocycles. The van der Waals surface area contributed by atoms with E-state index in [4.69, 9.17) is 16.7 Å². The molecule has 104 valence electrons. The maximum atomic E-state index is 12.5. The lowest BCUT2D eigenvalue weighted by atomic mass is 10.1. The lowest BCUT2D eigenvalue weighted by Crippen LogP contribution is -2.47. The van der Waals surface area contributed by atoms with Gasteiger partial charge in [0.1, 0.15) is 6.04 Å². The Balaban J connectivity index is 2.40. The molecule has 0 aromatic heterocycles. The highest BCUT2D eigenvalue weighted by Crippen LogP contribution is 2.26. The van der Waals surface area contributed by atoms with Crippen LogP contribution < -0.4 is 0 Å². The molecule has 1 saturated heterocycles. The molecule has 0 amide bonds. The molecule has 0 unspecified atom stereocenters. The van der Waals surface area contributed by atoms with Crippen LogP contribution in [-0.4, -0.2) is 36.4 Å². The van der Waals surface area contributed by atoms with Crippen LogP contribution in [0, 0.1) is 0 Å². The highest BCUT2D eigenvalue weighted by atomic mass is 35.5. The van der Waals surface area contributed by atoms with Crippen LogP contribution in [0.15, 0.2) is 29.2 Å². The third kappa shape index (κ3) is 2.91. The molecule has 1 aromatic carbocycles. The second-order valence-electron chi connectivity index (χ2n) is 4.42. The average Bonchev–Trinajstić information content (AvgIpc) is 2.38. The summed E-state index contributed by atoms with van der Waals surface area (Å²) < 4.78 is 26.0. The van der Waals surface area contributed by atoms with E-state index in [0.717, 1.165) is 10.7 Å². The molecule has 1 N–H and O–H groups in total. The smallest absolute Gasteiger partial charge is 0.322 e. The first-order chi connectivity index (χ1) is 8.93. The van der Waals surface area contributed by atoms with Gasteiger partial charge in [-0.15, -0.1) is 0 Å². The number of hydrogen-bond donors (Lipinski definition) is 1. The Morgan fingerprint density at radius 1 is 1.37 bits per heavy atom. The number of nitrogens with zero attached hydrogens (tertiary/aromatic N) is 1. The quantitative estimate of drug-likeness (QED) is 0.926. The fourth-order valence-electron chi connectivity index (χ4n) is 2.20. The lowest BCUT2D eigenvalue weighted by Gasteiger charge is -2.31. The van der Waals surface area contributed by atoms with Gasteiger partial charge >= 0.3 is 5.97 Å². The number of carboxylic acid groups (broad SMARTS) is 1. The van der Waals surface area contributed by atoms with E-state index in [0.29, 0.717) is 17.9 Å². The van der Waals surface area contributed by atoms with Gasteiger partial charge in [0, 0.05) is 11.6 Å². The summed E-state index contributed by atoms with van der Waals surface area (Å²) in [6, 6.07) is 4.89. The van der Waals surface area contributed by atoms with Crippen LogP contribution >= 0.6 is 11.6 Å². The average molecular weight is 304 g/mol. The minimum Gasteiger partial charge on any atom is -0.480 e. The van der Waals surface area contributed by atoms with Crippen LogP contribution in [0.5, 0.6) is 0 Å². The predicted molar refractivity (Wildman–Crippen MR) is 70.6 cm³/mol. The zero-order chi connectivity index (χ0) is 14.0. The molecule has 0 spiro atoms. The summed E-state index contributed by atoms with van der Waals surface area (Å²) in [6.45, 7) is 0.228. The topological polar surface area (TPSA) is 74.7 Å². The van der Waals surface area contributed by atoms with Crippen molar-refractivity contribution in [1.29, 1.82) is 0 Å². The molecule has 1 aromatic rings. The zero-order valence-corrected chi connectivity index (χ0v) is 11.7. The van der Waals surface area contributed by atoms with Crippen LogP contribution in [0.4, 0.5) is 0 Å². The first-order valence-electron chi connectivity index (χ1n) is 5.93. The van der Waals surface area contributed by atoms with Crippen molar-refractivity contribution in [2.45, 2.75) is 30.2 Å². The molecule has 0 bridgehead atoms. The van der Waals surface area contributed by atoms with Crippen molar-refractivity contribution >= 4 is 27.6 Å². The van der Waals surface area contributed by atoms with E-state index < -0.39 is 22.0 Å². The molecule has 1 atom stereocenters. The Kier molecular flexibility index (Phi) is 4.13. The third-order valence-electron chi connectivity index (χ3n) is 3.14. The number of carbonyl (C=O) groups is 1. The lowest BCUT2D eigenvalue weighted by molar-refractivity contribution is -0.142. The Labute approximate surface area is 116 Å². The first-order valence-corrected chi connectivity index (χ1v) is 7.75. The Hall–Kier alpha value is -1.11. The normalized spacial score (nSPS) is 21.2. The number of piperidine rings is 1. The van der Waals surface area contributed by atoms with E-state index in [2.05, 4.69) is 0 Å². The number of halogens is 1. The molecular formula is C12H14ClNO4S. The van der Waals surface area contributed by atoms with Gasteiger partial charge < -0.3 is 5.11 Å². The van der Waals surface area contributed by atoms with Gasteiger partial charge in [-0.1, -0.05) is 17.7 Å². The van der Waals surface area contributed by atoms with Crippen LogP contribution in [0.25, 0.3) is 0 Å². The van der Waals surface area contributed by atoms with Crippen LogP contribution in [-0.2, 0) is 14.8 Å². The SMILES string of the molecule is O=C(O)[C@H]1CCCCN1S(=O)(=O)c1cccc(Cl)c1. The largest absolute Gasteiger partial charge is 0.480 e. The Bertz CT molecular complexity index is 587. The number of aliphatic carboxylic acids is 1. The van der Waals surface area contributed by atoms with Gasteiger partial charge in [0.25, 0.3) is 0 Å². The summed E-state index contributed by atoms with van der Waals surface area (Å²) in [6.07, 6.45) is 1.73. The van der Waals surface area contributed by atoms with Crippen LogP contribution in [0.1, 0.15) is 19.3 Å². The fraction of sp³-hybridized carbons (Fsp3) is 0.417. The van der Waals surface area contributed by atoms with Gasteiger partial charge in [-0.05, 0) is 37.5 Å². The van der Waals surface area contributed by atoms with Crippen molar-refractivity contribution in [2.24, 2.45) is 0 Å². The van der Waals surface area contributed by atoms with E-state index in [-0.39, 0.29) is 11.4 Å². The van der Waals surface area contributed by atoms with Gasteiger partial charge in [-0.2, -0.15) is 4.31 Å². The molecule has 0 aliphatic carbocycles. The molecule has 1 heterocycles. The summed E-state index contributed by atoms with van der Waals surface area (Å²) >= 11 is 5.79. The third-order valence-corrected chi connectivity index (χ3v) is 5.28. The van der Waals surface area contributed by atoms with E-state index in [1.54, 1.807) is 6.07 Å². The highest BCUT2D eigenvalue weighted by molar-refractivity contribution is 7.89. The van der Waals surface area contributed by atoms with Gasteiger partial charge in [-0.3, -0.25) is 4.79 Å². The van der Waals surface area contributed by atoms with Crippen molar-refractivity contribution in [3.63, 3.8) is 0 Å². The molecule has 1 fully saturated rings. The molecule has 19 heavy (non-hydrogen) atoms. The van der Waals surface area contributed by atoms with Gasteiger partial charge in [0.15, 0.2) is 0 Å². The number of rotatable bonds is 3. The summed E-state index contributed by atoms with van der Waals surface area (Å²) in [5.41, 5.74) is 0. The van der Waals surface area contributed by atoms with Crippen molar-refractivity contribution in [2.75, 3.05) is 6.54 Å². The summed E-state index contributed by atoms with van der Waals surface area (Å²) in [4.78, 5) is 11.2. The molecule has 2 rings (SSSR count). The minimum atomic E-state index is -3.81. The van der Waals surface area contributed by atoms with Crippen molar-refractivity contribution in [3.05, 3.63) is 29.3 Å². The van der Waals surface area contributed by atoms with Crippen molar-refractivity contribution < 1.29 is 18.3 Å². The monoisotopic (exact) mass is 303 g/mol. The second-order valence-corrected chi connectivity index (χ2v) is 6.75. The van der Waals surface area contributed by atoms with Crippen molar-refractivity contribution in [1.82, 2.24) is 4.31 Å². The van der Waals surface area contributed by atoms with Crippen LogP contribution in [0.3, 0.4) is 0 Å². The maximum Gasteiger partial charge on any atom is 0.322 e.